The van der Waals surface area contributed by atoms with Gasteiger partial charge in [-0.15, -0.1) is 0 Å². The van der Waals surface area contributed by atoms with E-state index in [2.05, 4.69) is 16.0 Å². The van der Waals surface area contributed by atoms with Crippen LogP contribution in [0.25, 0.3) is 33.2 Å². The van der Waals surface area contributed by atoms with Crippen LogP contribution in [0.4, 0.5) is 5.69 Å². The van der Waals surface area contributed by atoms with Crippen LogP contribution in [0.15, 0.2) is 36.7 Å². The summed E-state index contributed by atoms with van der Waals surface area (Å²) < 4.78 is 0. The molecule has 0 saturated heterocycles. The van der Waals surface area contributed by atoms with Gasteiger partial charge in [-0.05, 0) is 61.1 Å². The standard InChI is InChI=1S/C21H19N5/c22-10-16-17(23)5-6-18-19(16)14-3-1-2-4-15(14)20(26-18)13-9-12-7-8-24-21(12)25-11-13/h5-11,22H,1-4,23H2,(H,24,25). The number of rotatable bonds is 2. The molecule has 1 aliphatic carbocycles. The third-order valence-corrected chi connectivity index (χ3v) is 5.36. The molecular formula is C21H19N5. The van der Waals surface area contributed by atoms with Crippen LogP contribution in [0, 0.1) is 5.41 Å². The highest BCUT2D eigenvalue weighted by Gasteiger charge is 2.21. The first-order valence-corrected chi connectivity index (χ1v) is 8.94. The number of nitrogen functional groups attached to an aromatic ring is 1. The third kappa shape index (κ3) is 2.13. The fourth-order valence-electron chi connectivity index (χ4n) is 4.13. The molecule has 0 amide bonds. The average Bonchev–Trinajstić information content (AvgIpc) is 3.15. The van der Waals surface area contributed by atoms with Gasteiger partial charge >= 0.3 is 0 Å². The third-order valence-electron chi connectivity index (χ3n) is 5.36. The predicted octanol–water partition coefficient (Wildman–Crippen LogP) is 4.24. The Morgan fingerprint density at radius 2 is 1.96 bits per heavy atom. The zero-order chi connectivity index (χ0) is 17.7. The first-order chi connectivity index (χ1) is 12.8. The van der Waals surface area contributed by atoms with Crippen molar-refractivity contribution in [1.29, 1.82) is 5.41 Å². The van der Waals surface area contributed by atoms with E-state index < -0.39 is 0 Å². The number of aromatic amines is 1. The number of fused-ring (bicyclic) bond motifs is 4. The van der Waals surface area contributed by atoms with Crippen LogP contribution < -0.4 is 5.73 Å². The fraction of sp³-hybridized carbons (Fsp3) is 0.190. The number of aromatic nitrogens is 3. The highest BCUT2D eigenvalue weighted by atomic mass is 14.8. The maximum absolute atomic E-state index is 7.83. The van der Waals surface area contributed by atoms with E-state index in [1.807, 2.05) is 30.6 Å². The van der Waals surface area contributed by atoms with E-state index in [-0.39, 0.29) is 0 Å². The van der Waals surface area contributed by atoms with Crippen LogP contribution in [-0.4, -0.2) is 21.2 Å². The summed E-state index contributed by atoms with van der Waals surface area (Å²) in [4.78, 5) is 12.7. The number of nitrogens with two attached hydrogens (primary N) is 1. The highest BCUT2D eigenvalue weighted by Crippen LogP contribution is 2.37. The Balaban J connectivity index is 1.86. The summed E-state index contributed by atoms with van der Waals surface area (Å²) >= 11 is 0. The minimum atomic E-state index is 0.644. The summed E-state index contributed by atoms with van der Waals surface area (Å²) in [6, 6.07) is 8.00. The Bertz CT molecular complexity index is 1170. The van der Waals surface area contributed by atoms with Crippen molar-refractivity contribution < 1.29 is 0 Å². The zero-order valence-electron chi connectivity index (χ0n) is 14.3. The Hall–Kier alpha value is -3.21. The van der Waals surface area contributed by atoms with E-state index in [1.54, 1.807) is 0 Å². The minimum absolute atomic E-state index is 0.644. The first kappa shape index (κ1) is 15.1. The van der Waals surface area contributed by atoms with Gasteiger partial charge in [-0.25, -0.2) is 9.97 Å². The largest absolute Gasteiger partial charge is 0.398 e. The summed E-state index contributed by atoms with van der Waals surface area (Å²) in [5, 5.41) is 9.97. The van der Waals surface area contributed by atoms with Gasteiger partial charge < -0.3 is 16.1 Å². The predicted molar refractivity (Wildman–Crippen MR) is 106 cm³/mol. The molecule has 0 atom stereocenters. The molecule has 0 radical (unpaired) electrons. The van der Waals surface area contributed by atoms with Gasteiger partial charge in [0.05, 0.1) is 11.2 Å². The Labute approximate surface area is 150 Å². The van der Waals surface area contributed by atoms with E-state index in [9.17, 15) is 0 Å². The molecule has 5 rings (SSSR count). The first-order valence-electron chi connectivity index (χ1n) is 8.94. The molecule has 3 heterocycles. The van der Waals surface area contributed by atoms with Crippen LogP contribution in [0.2, 0.25) is 0 Å². The van der Waals surface area contributed by atoms with E-state index in [0.29, 0.717) is 5.69 Å². The maximum atomic E-state index is 7.83. The van der Waals surface area contributed by atoms with Crippen molar-refractivity contribution in [3.8, 4) is 11.3 Å². The monoisotopic (exact) mass is 341 g/mol. The molecule has 0 spiro atoms. The van der Waals surface area contributed by atoms with E-state index >= 15 is 0 Å². The lowest BCUT2D eigenvalue weighted by atomic mass is 9.85. The molecule has 1 aromatic carbocycles. The number of pyridine rings is 2. The molecular weight excluding hydrogens is 322 g/mol. The number of nitrogens with zero attached hydrogens (tertiary/aromatic N) is 2. The molecule has 0 unspecified atom stereocenters. The van der Waals surface area contributed by atoms with Crippen molar-refractivity contribution in [3.05, 3.63) is 53.3 Å². The van der Waals surface area contributed by atoms with Gasteiger partial charge in [0, 0.05) is 46.2 Å². The van der Waals surface area contributed by atoms with E-state index in [4.69, 9.17) is 16.1 Å². The lowest BCUT2D eigenvalue weighted by Crippen LogP contribution is -2.09. The lowest BCUT2D eigenvalue weighted by molar-refractivity contribution is 0.689. The normalized spacial score (nSPS) is 13.8. The quantitative estimate of drug-likeness (QED) is 0.376. The van der Waals surface area contributed by atoms with Crippen molar-refractivity contribution >= 4 is 33.8 Å². The number of hydrogen-bond donors (Lipinski definition) is 3. The number of benzene rings is 1. The molecule has 128 valence electrons. The Kier molecular flexibility index (Phi) is 3.28. The van der Waals surface area contributed by atoms with Gasteiger partial charge in [0.15, 0.2) is 0 Å². The number of anilines is 1. The molecule has 4 aromatic rings. The molecule has 5 heteroatoms. The molecule has 0 bridgehead atoms. The average molecular weight is 341 g/mol. The number of aryl methyl sites for hydroxylation is 1. The minimum Gasteiger partial charge on any atom is -0.398 e. The Morgan fingerprint density at radius 1 is 1.12 bits per heavy atom. The van der Waals surface area contributed by atoms with Crippen LogP contribution in [0.5, 0.6) is 0 Å². The molecule has 5 nitrogen and oxygen atoms in total. The summed E-state index contributed by atoms with van der Waals surface area (Å²) in [5.41, 5.74) is 14.0. The molecule has 26 heavy (non-hydrogen) atoms. The summed E-state index contributed by atoms with van der Waals surface area (Å²) in [7, 11) is 0. The maximum Gasteiger partial charge on any atom is 0.137 e. The van der Waals surface area contributed by atoms with Gasteiger partial charge in [-0.2, -0.15) is 0 Å². The van der Waals surface area contributed by atoms with Crippen LogP contribution in [-0.2, 0) is 12.8 Å². The summed E-state index contributed by atoms with van der Waals surface area (Å²) in [6.45, 7) is 0. The van der Waals surface area contributed by atoms with Gasteiger partial charge in [0.1, 0.15) is 5.65 Å². The van der Waals surface area contributed by atoms with Crippen molar-refractivity contribution in [2.75, 3.05) is 5.73 Å². The van der Waals surface area contributed by atoms with Gasteiger partial charge in [0.25, 0.3) is 0 Å². The fourth-order valence-corrected chi connectivity index (χ4v) is 4.13. The number of H-pyrrole nitrogens is 1. The smallest absolute Gasteiger partial charge is 0.137 e. The van der Waals surface area contributed by atoms with Crippen molar-refractivity contribution in [3.63, 3.8) is 0 Å². The summed E-state index contributed by atoms with van der Waals surface area (Å²) in [5.74, 6) is 0. The SMILES string of the molecule is N=Cc1c(N)ccc2nc(-c3cnc4[nH]ccc4c3)c3c(c12)CCCC3. The molecule has 1 aliphatic rings. The van der Waals surface area contributed by atoms with E-state index in [1.165, 1.54) is 17.3 Å². The zero-order valence-corrected chi connectivity index (χ0v) is 14.3. The van der Waals surface area contributed by atoms with Gasteiger partial charge in [-0.3, -0.25) is 0 Å². The molecule has 3 aromatic heterocycles. The second kappa shape index (κ2) is 5.66. The van der Waals surface area contributed by atoms with Crippen LogP contribution in [0.1, 0.15) is 29.5 Å². The topological polar surface area (TPSA) is 91.4 Å². The molecule has 0 aliphatic heterocycles. The van der Waals surface area contributed by atoms with E-state index in [0.717, 1.165) is 64.4 Å². The van der Waals surface area contributed by atoms with Crippen molar-refractivity contribution in [1.82, 2.24) is 15.0 Å². The molecule has 0 fully saturated rings. The van der Waals surface area contributed by atoms with Gasteiger partial charge in [0.2, 0.25) is 0 Å². The lowest BCUT2D eigenvalue weighted by Gasteiger charge is -2.22. The second-order valence-corrected chi connectivity index (χ2v) is 6.87. The van der Waals surface area contributed by atoms with Crippen molar-refractivity contribution in [2.45, 2.75) is 25.7 Å². The second-order valence-electron chi connectivity index (χ2n) is 6.87. The molecule has 0 saturated carbocycles. The van der Waals surface area contributed by atoms with Gasteiger partial charge in [-0.1, -0.05) is 0 Å². The molecule has 4 N–H and O–H groups in total. The van der Waals surface area contributed by atoms with Crippen LogP contribution >= 0.6 is 0 Å². The highest BCUT2D eigenvalue weighted by molar-refractivity contribution is 6.05. The van der Waals surface area contributed by atoms with Crippen molar-refractivity contribution in [2.24, 2.45) is 0 Å². The number of hydrogen-bond acceptors (Lipinski definition) is 4. The summed E-state index contributed by atoms with van der Waals surface area (Å²) in [6.07, 6.45) is 9.50. The van der Waals surface area contributed by atoms with Crippen LogP contribution in [0.3, 0.4) is 0 Å². The number of nitrogens with one attached hydrogen (secondary N) is 2. The Morgan fingerprint density at radius 3 is 2.81 bits per heavy atom.